The normalized spacial score (nSPS) is 18.7. The highest BCUT2D eigenvalue weighted by molar-refractivity contribution is 14.1. The molecule has 0 saturated heterocycles. The third-order valence-corrected chi connectivity index (χ3v) is 3.16. The SMILES string of the molecule is O=[N+]([O-])C1=Cc2cccc(I)c2OC1C(F)(F)F. The first kappa shape index (κ1) is 13.1. The van der Waals surface area contributed by atoms with Crippen molar-refractivity contribution in [3.05, 3.63) is 43.1 Å². The highest BCUT2D eigenvalue weighted by Gasteiger charge is 2.52. The van der Waals surface area contributed by atoms with Crippen molar-refractivity contribution in [2.45, 2.75) is 12.3 Å². The van der Waals surface area contributed by atoms with E-state index in [1.54, 1.807) is 12.1 Å². The number of halogens is 4. The van der Waals surface area contributed by atoms with E-state index in [2.05, 4.69) is 0 Å². The number of hydrogen-bond donors (Lipinski definition) is 0. The smallest absolute Gasteiger partial charge is 0.436 e. The molecule has 96 valence electrons. The Kier molecular flexibility index (Phi) is 3.21. The Hall–Kier alpha value is -1.32. The number of fused-ring (bicyclic) bond motifs is 1. The van der Waals surface area contributed by atoms with Gasteiger partial charge in [-0.15, -0.1) is 0 Å². The molecule has 0 saturated carbocycles. The summed E-state index contributed by atoms with van der Waals surface area (Å²) in [5.41, 5.74) is -0.730. The van der Waals surface area contributed by atoms with E-state index < -0.39 is 22.9 Å². The molecule has 0 aliphatic carbocycles. The van der Waals surface area contributed by atoms with Gasteiger partial charge >= 0.3 is 6.18 Å². The number of hydrogen-bond acceptors (Lipinski definition) is 3. The highest BCUT2D eigenvalue weighted by atomic mass is 127. The molecule has 2 rings (SSSR count). The van der Waals surface area contributed by atoms with Gasteiger partial charge in [0.05, 0.1) is 8.49 Å². The summed E-state index contributed by atoms with van der Waals surface area (Å²) in [6.45, 7) is 0. The van der Waals surface area contributed by atoms with Gasteiger partial charge in [0.2, 0.25) is 0 Å². The second kappa shape index (κ2) is 4.41. The third-order valence-electron chi connectivity index (χ3n) is 2.31. The van der Waals surface area contributed by atoms with E-state index in [1.165, 1.54) is 6.07 Å². The first-order valence-electron chi connectivity index (χ1n) is 4.68. The van der Waals surface area contributed by atoms with E-state index in [9.17, 15) is 23.3 Å². The summed E-state index contributed by atoms with van der Waals surface area (Å²) >= 11 is 1.81. The van der Waals surface area contributed by atoms with E-state index in [1.807, 2.05) is 22.6 Å². The second-order valence-electron chi connectivity index (χ2n) is 3.52. The maximum Gasteiger partial charge on any atom is 0.436 e. The first-order valence-corrected chi connectivity index (χ1v) is 5.76. The Morgan fingerprint density at radius 1 is 1.39 bits per heavy atom. The molecule has 1 atom stereocenters. The number of para-hydroxylation sites is 1. The average molecular weight is 371 g/mol. The number of rotatable bonds is 1. The zero-order valence-corrected chi connectivity index (χ0v) is 10.7. The van der Waals surface area contributed by atoms with Gasteiger partial charge in [-0.3, -0.25) is 10.1 Å². The van der Waals surface area contributed by atoms with Gasteiger partial charge in [-0.25, -0.2) is 0 Å². The summed E-state index contributed by atoms with van der Waals surface area (Å²) in [5, 5.41) is 10.7. The molecule has 8 heteroatoms. The molecule has 1 aliphatic rings. The zero-order chi connectivity index (χ0) is 13.5. The molecular formula is C10H5F3INO3. The molecule has 18 heavy (non-hydrogen) atoms. The molecule has 0 N–H and O–H groups in total. The lowest BCUT2D eigenvalue weighted by molar-refractivity contribution is -0.443. The van der Waals surface area contributed by atoms with Crippen molar-refractivity contribution in [3.8, 4) is 5.75 Å². The molecule has 0 amide bonds. The van der Waals surface area contributed by atoms with Crippen LogP contribution in [0.5, 0.6) is 5.75 Å². The van der Waals surface area contributed by atoms with Crippen LogP contribution in [-0.4, -0.2) is 17.2 Å². The van der Waals surface area contributed by atoms with Crippen molar-refractivity contribution in [1.82, 2.24) is 0 Å². The Morgan fingerprint density at radius 3 is 2.61 bits per heavy atom. The Labute approximate surface area is 113 Å². The van der Waals surface area contributed by atoms with Crippen LogP contribution in [0.3, 0.4) is 0 Å². The van der Waals surface area contributed by atoms with Crippen LogP contribution >= 0.6 is 22.6 Å². The topological polar surface area (TPSA) is 52.4 Å². The van der Waals surface area contributed by atoms with Crippen molar-refractivity contribution in [1.29, 1.82) is 0 Å². The maximum atomic E-state index is 12.7. The van der Waals surface area contributed by atoms with E-state index in [-0.39, 0.29) is 11.3 Å². The second-order valence-corrected chi connectivity index (χ2v) is 4.69. The standard InChI is InChI=1S/C10H5F3INO3/c11-10(12,13)9-7(15(16)17)4-5-2-1-3-6(14)8(5)18-9/h1-4,9H. The van der Waals surface area contributed by atoms with Gasteiger partial charge in [-0.1, -0.05) is 12.1 Å². The van der Waals surface area contributed by atoms with Gasteiger partial charge in [-0.05, 0) is 28.7 Å². The van der Waals surface area contributed by atoms with Gasteiger partial charge < -0.3 is 4.74 Å². The summed E-state index contributed by atoms with van der Waals surface area (Å²) in [7, 11) is 0. The number of alkyl halides is 3. The van der Waals surface area contributed by atoms with Gasteiger partial charge in [0, 0.05) is 11.6 Å². The Morgan fingerprint density at radius 2 is 2.06 bits per heavy atom. The third kappa shape index (κ3) is 2.28. The van der Waals surface area contributed by atoms with Crippen LogP contribution in [0.2, 0.25) is 0 Å². The lowest BCUT2D eigenvalue weighted by Crippen LogP contribution is -2.40. The van der Waals surface area contributed by atoms with Crippen LogP contribution in [0.4, 0.5) is 13.2 Å². The van der Waals surface area contributed by atoms with Crippen LogP contribution in [0.1, 0.15) is 5.56 Å². The predicted octanol–water partition coefficient (Wildman–Crippen LogP) is 3.23. The van der Waals surface area contributed by atoms with Crippen LogP contribution in [0, 0.1) is 13.7 Å². The van der Waals surface area contributed by atoms with Gasteiger partial charge in [0.1, 0.15) is 5.75 Å². The Bertz CT molecular complexity index is 542. The van der Waals surface area contributed by atoms with E-state index in [0.717, 1.165) is 6.08 Å². The molecule has 0 bridgehead atoms. The molecule has 1 aromatic carbocycles. The molecule has 1 unspecified atom stereocenters. The number of benzene rings is 1. The van der Waals surface area contributed by atoms with E-state index in [0.29, 0.717) is 3.57 Å². The molecule has 0 radical (unpaired) electrons. The van der Waals surface area contributed by atoms with Crippen molar-refractivity contribution >= 4 is 28.7 Å². The fraction of sp³-hybridized carbons (Fsp3) is 0.200. The fourth-order valence-electron chi connectivity index (χ4n) is 1.56. The Balaban J connectivity index is 2.57. The van der Waals surface area contributed by atoms with Gasteiger partial charge in [0.15, 0.2) is 0 Å². The summed E-state index contributed by atoms with van der Waals surface area (Å²) in [4.78, 5) is 9.59. The fourth-order valence-corrected chi connectivity index (χ4v) is 2.21. The lowest BCUT2D eigenvalue weighted by atomic mass is 10.1. The van der Waals surface area contributed by atoms with Crippen LogP contribution in [0.15, 0.2) is 23.9 Å². The van der Waals surface area contributed by atoms with Crippen LogP contribution in [-0.2, 0) is 0 Å². The molecule has 1 aliphatic heterocycles. The van der Waals surface area contributed by atoms with Crippen molar-refractivity contribution in [2.75, 3.05) is 0 Å². The van der Waals surface area contributed by atoms with Crippen LogP contribution in [0.25, 0.3) is 6.08 Å². The number of nitrogens with zero attached hydrogens (tertiary/aromatic N) is 1. The molecule has 1 aromatic rings. The molecule has 0 aromatic heterocycles. The van der Waals surface area contributed by atoms with E-state index >= 15 is 0 Å². The predicted molar refractivity (Wildman–Crippen MR) is 64.6 cm³/mol. The quantitative estimate of drug-likeness (QED) is 0.433. The summed E-state index contributed by atoms with van der Waals surface area (Å²) < 4.78 is 43.3. The monoisotopic (exact) mass is 371 g/mol. The largest absolute Gasteiger partial charge is 0.468 e. The first-order chi connectivity index (χ1) is 8.30. The summed E-state index contributed by atoms with van der Waals surface area (Å²) in [5.74, 6) is 0.0195. The number of nitro groups is 1. The minimum atomic E-state index is -4.82. The van der Waals surface area contributed by atoms with Crippen molar-refractivity contribution in [2.24, 2.45) is 0 Å². The van der Waals surface area contributed by atoms with Crippen molar-refractivity contribution in [3.63, 3.8) is 0 Å². The average Bonchev–Trinajstić information content (AvgIpc) is 2.26. The molecule has 0 spiro atoms. The summed E-state index contributed by atoms with van der Waals surface area (Å²) in [6.07, 6.45) is -6.45. The van der Waals surface area contributed by atoms with Gasteiger partial charge in [0.25, 0.3) is 11.8 Å². The van der Waals surface area contributed by atoms with Crippen molar-refractivity contribution < 1.29 is 22.8 Å². The molecule has 4 nitrogen and oxygen atoms in total. The minimum Gasteiger partial charge on any atom is -0.468 e. The number of ether oxygens (including phenoxy) is 1. The minimum absolute atomic E-state index is 0.0195. The molecule has 0 fully saturated rings. The lowest BCUT2D eigenvalue weighted by Gasteiger charge is -2.24. The summed E-state index contributed by atoms with van der Waals surface area (Å²) in [6, 6.07) is 4.62. The molecule has 1 heterocycles. The molecular weight excluding hydrogens is 366 g/mol. The highest BCUT2D eigenvalue weighted by Crippen LogP contribution is 2.39. The van der Waals surface area contributed by atoms with Gasteiger partial charge in [-0.2, -0.15) is 13.2 Å². The van der Waals surface area contributed by atoms with E-state index in [4.69, 9.17) is 4.74 Å². The van der Waals surface area contributed by atoms with Crippen LogP contribution < -0.4 is 4.74 Å². The maximum absolute atomic E-state index is 12.7. The zero-order valence-electron chi connectivity index (χ0n) is 8.57.